The lowest BCUT2D eigenvalue weighted by atomic mass is 10.2. The van der Waals surface area contributed by atoms with Gasteiger partial charge >= 0.3 is 6.01 Å². The van der Waals surface area contributed by atoms with E-state index < -0.39 is 0 Å². The average Bonchev–Trinajstić information content (AvgIpc) is 3.25. The molecule has 0 unspecified atom stereocenters. The van der Waals surface area contributed by atoms with Crippen LogP contribution in [0.25, 0.3) is 10.8 Å². The first-order chi connectivity index (χ1) is 13.1. The normalized spacial score (nSPS) is 10.8. The monoisotopic (exact) mass is 386 g/mol. The second kappa shape index (κ2) is 8.77. The second-order valence-electron chi connectivity index (χ2n) is 6.09. The van der Waals surface area contributed by atoms with E-state index in [4.69, 9.17) is 9.15 Å². The molecule has 1 aromatic carbocycles. The molecule has 0 aliphatic carbocycles. The Hall–Kier alpha value is -2.74. The third kappa shape index (κ3) is 4.91. The van der Waals surface area contributed by atoms with Crippen molar-refractivity contribution in [3.05, 3.63) is 40.5 Å². The van der Waals surface area contributed by atoms with Gasteiger partial charge in [-0.3, -0.25) is 10.1 Å². The Bertz CT molecular complexity index is 902. The lowest BCUT2D eigenvalue weighted by Crippen LogP contribution is -2.12. The molecule has 142 valence electrons. The molecule has 27 heavy (non-hydrogen) atoms. The Morgan fingerprint density at radius 2 is 1.96 bits per heavy atom. The molecular formula is C19H22N4O3S. The van der Waals surface area contributed by atoms with Crippen LogP contribution in [0.2, 0.25) is 0 Å². The summed E-state index contributed by atoms with van der Waals surface area (Å²) in [5, 5.41) is 11.4. The van der Waals surface area contributed by atoms with Crippen LogP contribution in [0, 0.1) is 13.8 Å². The van der Waals surface area contributed by atoms with E-state index in [0.29, 0.717) is 18.1 Å². The SMILES string of the molecule is CCCCCOc1ccc(C(=O)Nc2nnc(-c3sc(C)nc3C)o2)cc1. The van der Waals surface area contributed by atoms with E-state index in [0.717, 1.165) is 40.6 Å². The Balaban J connectivity index is 1.60. The molecule has 2 heterocycles. The molecule has 0 saturated carbocycles. The number of benzene rings is 1. The van der Waals surface area contributed by atoms with Crippen molar-refractivity contribution in [1.82, 2.24) is 15.2 Å². The number of ether oxygens (including phenoxy) is 1. The molecule has 0 bridgehead atoms. The van der Waals surface area contributed by atoms with Crippen molar-refractivity contribution in [2.45, 2.75) is 40.0 Å². The summed E-state index contributed by atoms with van der Waals surface area (Å²) in [6.07, 6.45) is 3.33. The molecule has 0 aliphatic heterocycles. The van der Waals surface area contributed by atoms with Crippen molar-refractivity contribution in [3.8, 4) is 16.5 Å². The Morgan fingerprint density at radius 1 is 1.19 bits per heavy atom. The van der Waals surface area contributed by atoms with Crippen LogP contribution in [0.3, 0.4) is 0 Å². The predicted octanol–water partition coefficient (Wildman–Crippen LogP) is 4.63. The number of rotatable bonds is 8. The van der Waals surface area contributed by atoms with Crippen molar-refractivity contribution >= 4 is 23.3 Å². The van der Waals surface area contributed by atoms with Crippen LogP contribution < -0.4 is 10.1 Å². The fourth-order valence-corrected chi connectivity index (χ4v) is 3.35. The van der Waals surface area contributed by atoms with Gasteiger partial charge in [-0.25, -0.2) is 4.98 Å². The first-order valence-electron chi connectivity index (χ1n) is 8.89. The number of hydrogen-bond acceptors (Lipinski definition) is 7. The minimum atomic E-state index is -0.319. The van der Waals surface area contributed by atoms with E-state index in [1.165, 1.54) is 11.3 Å². The van der Waals surface area contributed by atoms with Crippen molar-refractivity contribution in [2.24, 2.45) is 0 Å². The van der Waals surface area contributed by atoms with Gasteiger partial charge in [-0.15, -0.1) is 16.4 Å². The van der Waals surface area contributed by atoms with Crippen LogP contribution in [-0.4, -0.2) is 27.7 Å². The van der Waals surface area contributed by atoms with Gasteiger partial charge in [0.05, 0.1) is 17.3 Å². The maximum atomic E-state index is 12.4. The topological polar surface area (TPSA) is 90.1 Å². The Kier molecular flexibility index (Phi) is 6.18. The third-order valence-corrected chi connectivity index (χ3v) is 4.94. The van der Waals surface area contributed by atoms with Gasteiger partial charge in [0.15, 0.2) is 0 Å². The highest BCUT2D eigenvalue weighted by Gasteiger charge is 2.16. The van der Waals surface area contributed by atoms with Crippen LogP contribution in [0.1, 0.15) is 47.2 Å². The zero-order valence-corrected chi connectivity index (χ0v) is 16.4. The molecule has 1 amide bonds. The summed E-state index contributed by atoms with van der Waals surface area (Å²) in [7, 11) is 0. The van der Waals surface area contributed by atoms with E-state index in [-0.39, 0.29) is 11.9 Å². The molecule has 1 N–H and O–H groups in total. The highest BCUT2D eigenvalue weighted by Crippen LogP contribution is 2.29. The highest BCUT2D eigenvalue weighted by atomic mass is 32.1. The Morgan fingerprint density at radius 3 is 2.63 bits per heavy atom. The quantitative estimate of drug-likeness (QED) is 0.568. The summed E-state index contributed by atoms with van der Waals surface area (Å²) in [6.45, 7) is 6.63. The number of hydrogen-bond donors (Lipinski definition) is 1. The molecule has 8 heteroatoms. The van der Waals surface area contributed by atoms with Crippen LogP contribution >= 0.6 is 11.3 Å². The summed E-state index contributed by atoms with van der Waals surface area (Å²) in [6, 6.07) is 7.03. The summed E-state index contributed by atoms with van der Waals surface area (Å²) in [4.78, 5) is 17.5. The first kappa shape index (κ1) is 19.0. The van der Waals surface area contributed by atoms with E-state index in [2.05, 4.69) is 27.4 Å². The molecule has 7 nitrogen and oxygen atoms in total. The summed E-state index contributed by atoms with van der Waals surface area (Å²) in [5.74, 6) is 0.780. The van der Waals surface area contributed by atoms with E-state index >= 15 is 0 Å². The van der Waals surface area contributed by atoms with Crippen LogP contribution in [-0.2, 0) is 0 Å². The van der Waals surface area contributed by atoms with Crippen molar-refractivity contribution < 1.29 is 13.9 Å². The number of carbonyl (C=O) groups excluding carboxylic acids is 1. The molecule has 3 aromatic rings. The fourth-order valence-electron chi connectivity index (χ4n) is 2.51. The van der Waals surface area contributed by atoms with Gasteiger partial charge < -0.3 is 9.15 Å². The maximum Gasteiger partial charge on any atom is 0.322 e. The van der Waals surface area contributed by atoms with Gasteiger partial charge in [-0.1, -0.05) is 24.9 Å². The van der Waals surface area contributed by atoms with Gasteiger partial charge in [0.25, 0.3) is 11.8 Å². The smallest absolute Gasteiger partial charge is 0.322 e. The highest BCUT2D eigenvalue weighted by molar-refractivity contribution is 7.15. The molecular weight excluding hydrogens is 364 g/mol. The molecule has 3 rings (SSSR count). The lowest BCUT2D eigenvalue weighted by Gasteiger charge is -2.06. The predicted molar refractivity (Wildman–Crippen MR) is 104 cm³/mol. The van der Waals surface area contributed by atoms with Crippen molar-refractivity contribution in [2.75, 3.05) is 11.9 Å². The van der Waals surface area contributed by atoms with Crippen molar-refractivity contribution in [1.29, 1.82) is 0 Å². The number of amides is 1. The van der Waals surface area contributed by atoms with Crippen molar-refractivity contribution in [3.63, 3.8) is 0 Å². The molecule has 0 aliphatic rings. The number of nitrogens with zero attached hydrogens (tertiary/aromatic N) is 3. The Labute approximate surface area is 161 Å². The molecule has 0 fully saturated rings. The van der Waals surface area contributed by atoms with Gasteiger partial charge in [0.2, 0.25) is 0 Å². The zero-order chi connectivity index (χ0) is 19.2. The molecule has 2 aromatic heterocycles. The van der Waals surface area contributed by atoms with E-state index in [9.17, 15) is 4.79 Å². The largest absolute Gasteiger partial charge is 0.494 e. The number of aromatic nitrogens is 3. The van der Waals surface area contributed by atoms with E-state index in [1.807, 2.05) is 13.8 Å². The maximum absolute atomic E-state index is 12.4. The molecule has 0 spiro atoms. The fraction of sp³-hybridized carbons (Fsp3) is 0.368. The number of nitrogens with one attached hydrogen (secondary N) is 1. The standard InChI is InChI=1S/C19H22N4O3S/c1-4-5-6-11-25-15-9-7-14(8-10-15)17(24)21-19-23-22-18(26-19)16-12(2)20-13(3)27-16/h7-10H,4-6,11H2,1-3H3,(H,21,23,24). The number of aryl methyl sites for hydroxylation is 2. The van der Waals surface area contributed by atoms with Gasteiger partial charge in [-0.05, 0) is 44.5 Å². The lowest BCUT2D eigenvalue weighted by molar-refractivity contribution is 0.102. The second-order valence-corrected chi connectivity index (χ2v) is 7.30. The van der Waals surface area contributed by atoms with Gasteiger partial charge in [0.1, 0.15) is 10.6 Å². The molecule has 0 saturated heterocycles. The van der Waals surface area contributed by atoms with Crippen LogP contribution in [0.4, 0.5) is 6.01 Å². The summed E-state index contributed by atoms with van der Waals surface area (Å²) < 4.78 is 11.2. The molecule has 0 radical (unpaired) electrons. The minimum absolute atomic E-state index is 0.0559. The van der Waals surface area contributed by atoms with Crippen LogP contribution in [0.5, 0.6) is 5.75 Å². The number of carbonyl (C=O) groups is 1. The molecule has 0 atom stereocenters. The average molecular weight is 386 g/mol. The zero-order valence-electron chi connectivity index (χ0n) is 15.6. The number of thiazole rings is 1. The minimum Gasteiger partial charge on any atom is -0.494 e. The van der Waals surface area contributed by atoms with Gasteiger partial charge in [0, 0.05) is 5.56 Å². The summed E-state index contributed by atoms with van der Waals surface area (Å²) >= 11 is 1.47. The van der Waals surface area contributed by atoms with Crippen LogP contribution in [0.15, 0.2) is 28.7 Å². The van der Waals surface area contributed by atoms with E-state index in [1.54, 1.807) is 24.3 Å². The number of unbranched alkanes of at least 4 members (excludes halogenated alkanes) is 2. The third-order valence-electron chi connectivity index (χ3n) is 3.88. The van der Waals surface area contributed by atoms with Gasteiger partial charge in [-0.2, -0.15) is 0 Å². The number of anilines is 1. The first-order valence-corrected chi connectivity index (χ1v) is 9.70. The summed E-state index contributed by atoms with van der Waals surface area (Å²) in [5.41, 5.74) is 1.31.